The fourth-order valence-electron chi connectivity index (χ4n) is 1.17. The Bertz CT molecular complexity index is 88.8. The van der Waals surface area contributed by atoms with E-state index in [1.807, 2.05) is 0 Å². The number of rotatable bonds is 6. The molecule has 0 radical (unpaired) electrons. The average molecular weight is 247 g/mol. The fourth-order valence-corrected chi connectivity index (χ4v) is 1.17. The summed E-state index contributed by atoms with van der Waals surface area (Å²) in [6.45, 7) is 18.0. The molecule has 0 aromatic carbocycles. The SMILES string of the molecule is CC(C)O.CCCCCC.CCN(CC)CC. The van der Waals surface area contributed by atoms with Gasteiger partial charge in [-0.3, -0.25) is 0 Å². The molecule has 2 heteroatoms. The van der Waals surface area contributed by atoms with Crippen LogP contribution in [0.5, 0.6) is 0 Å². The van der Waals surface area contributed by atoms with Gasteiger partial charge in [-0.2, -0.15) is 0 Å². The van der Waals surface area contributed by atoms with Crippen LogP contribution in [0.15, 0.2) is 0 Å². The molecule has 1 N–H and O–H groups in total. The van der Waals surface area contributed by atoms with Crippen molar-refractivity contribution in [1.82, 2.24) is 4.90 Å². The molecule has 0 aliphatic carbocycles. The van der Waals surface area contributed by atoms with Crippen LogP contribution in [0.4, 0.5) is 0 Å². The quantitative estimate of drug-likeness (QED) is 0.707. The zero-order chi connectivity index (χ0) is 14.1. The molecule has 0 aliphatic heterocycles. The van der Waals surface area contributed by atoms with Crippen LogP contribution in [-0.4, -0.2) is 35.7 Å². The standard InChI is InChI=1S/C6H15N.C6H14.C3H8O/c1-4-7(5-2)6-3;1-3-5-6-4-2;1-3(2)4/h4-6H2,1-3H3;3-6H2,1-2H3;3-4H,1-2H3. The first-order valence-corrected chi connectivity index (χ1v) is 7.40. The predicted molar refractivity (Wildman–Crippen MR) is 80.6 cm³/mol. The van der Waals surface area contributed by atoms with Gasteiger partial charge in [0.2, 0.25) is 0 Å². The van der Waals surface area contributed by atoms with Crippen LogP contribution < -0.4 is 0 Å². The Morgan fingerprint density at radius 1 is 0.765 bits per heavy atom. The third kappa shape index (κ3) is 38.8. The lowest BCUT2D eigenvalue weighted by atomic mass is 10.2. The molecule has 2 nitrogen and oxygen atoms in total. The Labute approximate surface area is 110 Å². The molecular formula is C15H37NO. The van der Waals surface area contributed by atoms with Gasteiger partial charge in [-0.25, -0.2) is 0 Å². The van der Waals surface area contributed by atoms with E-state index in [0.29, 0.717) is 0 Å². The largest absolute Gasteiger partial charge is 0.394 e. The topological polar surface area (TPSA) is 23.5 Å². The number of nitrogens with zero attached hydrogens (tertiary/aromatic N) is 1. The second-order valence-corrected chi connectivity index (χ2v) is 4.42. The highest BCUT2D eigenvalue weighted by Gasteiger charge is 1.89. The number of aliphatic hydroxyl groups excluding tert-OH is 1. The van der Waals surface area contributed by atoms with Crippen molar-refractivity contribution in [3.05, 3.63) is 0 Å². The van der Waals surface area contributed by atoms with Crippen molar-refractivity contribution in [2.75, 3.05) is 19.6 Å². The minimum Gasteiger partial charge on any atom is -0.394 e. The van der Waals surface area contributed by atoms with E-state index in [4.69, 9.17) is 5.11 Å². The summed E-state index contributed by atoms with van der Waals surface area (Å²) in [4.78, 5) is 2.38. The van der Waals surface area contributed by atoms with Gasteiger partial charge in [0.15, 0.2) is 0 Å². The highest BCUT2D eigenvalue weighted by molar-refractivity contribution is 4.43. The van der Waals surface area contributed by atoms with Crippen LogP contribution in [0, 0.1) is 0 Å². The molecule has 0 bridgehead atoms. The third-order valence-corrected chi connectivity index (χ3v) is 2.30. The summed E-state index contributed by atoms with van der Waals surface area (Å²) in [6, 6.07) is 0. The molecule has 0 aliphatic rings. The van der Waals surface area contributed by atoms with Crippen LogP contribution in [0.3, 0.4) is 0 Å². The lowest BCUT2D eigenvalue weighted by Gasteiger charge is -2.13. The number of hydrogen-bond donors (Lipinski definition) is 1. The normalized spacial score (nSPS) is 9.53. The van der Waals surface area contributed by atoms with Crippen molar-refractivity contribution >= 4 is 0 Å². The first-order valence-electron chi connectivity index (χ1n) is 7.40. The maximum atomic E-state index is 8.06. The minimum absolute atomic E-state index is 0.167. The summed E-state index contributed by atoms with van der Waals surface area (Å²) in [5.74, 6) is 0. The van der Waals surface area contributed by atoms with Gasteiger partial charge in [-0.15, -0.1) is 0 Å². The zero-order valence-electron chi connectivity index (χ0n) is 13.4. The van der Waals surface area contributed by atoms with Crippen molar-refractivity contribution in [1.29, 1.82) is 0 Å². The second-order valence-electron chi connectivity index (χ2n) is 4.42. The van der Waals surface area contributed by atoms with Crippen molar-refractivity contribution in [2.45, 2.75) is 80.3 Å². The molecule has 0 unspecified atom stereocenters. The van der Waals surface area contributed by atoms with E-state index in [1.165, 1.54) is 45.3 Å². The number of unbranched alkanes of at least 4 members (excludes halogenated alkanes) is 3. The van der Waals surface area contributed by atoms with Gasteiger partial charge >= 0.3 is 0 Å². The van der Waals surface area contributed by atoms with Gasteiger partial charge in [0.05, 0.1) is 0 Å². The van der Waals surface area contributed by atoms with Gasteiger partial charge in [-0.05, 0) is 33.5 Å². The monoisotopic (exact) mass is 247 g/mol. The molecule has 0 saturated carbocycles. The molecule has 108 valence electrons. The molecule has 0 fully saturated rings. The lowest BCUT2D eigenvalue weighted by molar-refractivity contribution is 0.216. The van der Waals surface area contributed by atoms with Gasteiger partial charge in [-0.1, -0.05) is 60.3 Å². The summed E-state index contributed by atoms with van der Waals surface area (Å²) < 4.78 is 0. The molecule has 0 rings (SSSR count). The van der Waals surface area contributed by atoms with Crippen LogP contribution >= 0.6 is 0 Å². The first-order chi connectivity index (χ1) is 7.99. The Hall–Kier alpha value is -0.0800. The van der Waals surface area contributed by atoms with Crippen LogP contribution in [0.2, 0.25) is 0 Å². The Morgan fingerprint density at radius 3 is 1.06 bits per heavy atom. The lowest BCUT2D eigenvalue weighted by Crippen LogP contribution is -2.21. The maximum absolute atomic E-state index is 8.06. The molecule has 17 heavy (non-hydrogen) atoms. The highest BCUT2D eigenvalue weighted by Crippen LogP contribution is 1.95. The first kappa shape index (κ1) is 22.1. The van der Waals surface area contributed by atoms with Crippen LogP contribution in [0.1, 0.15) is 74.1 Å². The van der Waals surface area contributed by atoms with Crippen molar-refractivity contribution in [3.63, 3.8) is 0 Å². The van der Waals surface area contributed by atoms with Crippen molar-refractivity contribution in [2.24, 2.45) is 0 Å². The summed E-state index contributed by atoms with van der Waals surface area (Å²) in [5.41, 5.74) is 0. The molecule has 0 aromatic heterocycles. The summed E-state index contributed by atoms with van der Waals surface area (Å²) >= 11 is 0. The fraction of sp³-hybridized carbons (Fsp3) is 1.00. The Balaban J connectivity index is -0.000000180. The third-order valence-electron chi connectivity index (χ3n) is 2.30. The van der Waals surface area contributed by atoms with Gasteiger partial charge in [0, 0.05) is 6.10 Å². The molecule has 0 amide bonds. The van der Waals surface area contributed by atoms with Gasteiger partial charge < -0.3 is 10.0 Å². The maximum Gasteiger partial charge on any atom is 0.0483 e. The van der Waals surface area contributed by atoms with Gasteiger partial charge in [0.25, 0.3) is 0 Å². The molecular weight excluding hydrogens is 210 g/mol. The Morgan fingerprint density at radius 2 is 1.00 bits per heavy atom. The van der Waals surface area contributed by atoms with Crippen LogP contribution in [-0.2, 0) is 0 Å². The number of aliphatic hydroxyl groups is 1. The minimum atomic E-state index is -0.167. The van der Waals surface area contributed by atoms with E-state index in [9.17, 15) is 0 Å². The average Bonchev–Trinajstić information content (AvgIpc) is 2.29. The van der Waals surface area contributed by atoms with E-state index in [0.717, 1.165) is 0 Å². The Kier molecular flexibility index (Phi) is 27.6. The summed E-state index contributed by atoms with van der Waals surface area (Å²) in [7, 11) is 0. The van der Waals surface area contributed by atoms with E-state index >= 15 is 0 Å². The van der Waals surface area contributed by atoms with E-state index in [-0.39, 0.29) is 6.10 Å². The van der Waals surface area contributed by atoms with E-state index in [2.05, 4.69) is 39.5 Å². The highest BCUT2D eigenvalue weighted by atomic mass is 16.3. The second kappa shape index (κ2) is 21.2. The predicted octanol–water partition coefficient (Wildman–Crippen LogP) is 4.32. The summed E-state index contributed by atoms with van der Waals surface area (Å²) in [5, 5.41) is 8.06. The van der Waals surface area contributed by atoms with E-state index in [1.54, 1.807) is 13.8 Å². The smallest absolute Gasteiger partial charge is 0.0483 e. The zero-order valence-corrected chi connectivity index (χ0v) is 13.4. The molecule has 0 aromatic rings. The van der Waals surface area contributed by atoms with Gasteiger partial charge in [0.1, 0.15) is 0 Å². The van der Waals surface area contributed by atoms with E-state index < -0.39 is 0 Å². The molecule has 0 atom stereocenters. The van der Waals surface area contributed by atoms with Crippen molar-refractivity contribution in [3.8, 4) is 0 Å². The number of hydrogen-bond acceptors (Lipinski definition) is 2. The summed E-state index contributed by atoms with van der Waals surface area (Å²) in [6.07, 6.45) is 5.37. The van der Waals surface area contributed by atoms with Crippen molar-refractivity contribution < 1.29 is 5.11 Å². The molecule has 0 spiro atoms. The molecule has 0 saturated heterocycles. The van der Waals surface area contributed by atoms with Crippen LogP contribution in [0.25, 0.3) is 0 Å². The molecule has 0 heterocycles.